The summed E-state index contributed by atoms with van der Waals surface area (Å²) in [5.74, 6) is -0.162. The van der Waals surface area contributed by atoms with Crippen LogP contribution in [-0.4, -0.2) is 17.4 Å². The molecule has 4 heteroatoms. The molecule has 0 aromatic carbocycles. The zero-order valence-corrected chi connectivity index (χ0v) is 9.24. The highest BCUT2D eigenvalue weighted by Crippen LogP contribution is 2.19. The molecule has 1 amide bonds. The van der Waals surface area contributed by atoms with Gasteiger partial charge in [0.15, 0.2) is 12.1 Å². The van der Waals surface area contributed by atoms with Gasteiger partial charge in [-0.15, -0.1) is 0 Å². The monoisotopic (exact) mass is 220 g/mol. The van der Waals surface area contributed by atoms with Crippen LogP contribution in [0.1, 0.15) is 42.6 Å². The molecule has 0 fully saturated rings. The lowest BCUT2D eigenvalue weighted by molar-refractivity contribution is 0.0949. The molecule has 1 aromatic heterocycles. The number of nitrogens with zero attached hydrogens (tertiary/aromatic N) is 1. The lowest BCUT2D eigenvalue weighted by Crippen LogP contribution is -2.25. The molecule has 0 saturated carbocycles. The summed E-state index contributed by atoms with van der Waals surface area (Å²) in [4.78, 5) is 15.3. The molecule has 2 rings (SSSR count). The number of hydrogen-bond donors (Lipinski definition) is 1. The molecule has 1 N–H and O–H groups in total. The van der Waals surface area contributed by atoms with Crippen LogP contribution in [0.15, 0.2) is 28.7 Å². The van der Waals surface area contributed by atoms with Crippen LogP contribution in [0, 0.1) is 0 Å². The van der Waals surface area contributed by atoms with Gasteiger partial charge in [-0.1, -0.05) is 11.6 Å². The molecular formula is C12H16N2O2. The Morgan fingerprint density at radius 3 is 3.12 bits per heavy atom. The topological polar surface area (TPSA) is 55.1 Å². The van der Waals surface area contributed by atoms with E-state index in [2.05, 4.69) is 16.4 Å². The fourth-order valence-corrected chi connectivity index (χ4v) is 1.88. The quantitative estimate of drug-likeness (QED) is 0.792. The Labute approximate surface area is 94.7 Å². The van der Waals surface area contributed by atoms with Crippen LogP contribution in [0.3, 0.4) is 0 Å². The number of rotatable bonds is 4. The van der Waals surface area contributed by atoms with Crippen molar-refractivity contribution in [3.8, 4) is 0 Å². The predicted molar refractivity (Wildman–Crippen MR) is 60.0 cm³/mol. The summed E-state index contributed by atoms with van der Waals surface area (Å²) in [7, 11) is 0. The van der Waals surface area contributed by atoms with Crippen LogP contribution >= 0.6 is 0 Å². The maximum Gasteiger partial charge on any atom is 0.273 e. The normalized spacial score (nSPS) is 15.6. The number of oxazole rings is 1. The van der Waals surface area contributed by atoms with E-state index in [1.165, 1.54) is 43.9 Å². The molecule has 4 nitrogen and oxygen atoms in total. The van der Waals surface area contributed by atoms with Crippen LogP contribution in [0.25, 0.3) is 0 Å². The molecule has 1 heterocycles. The third kappa shape index (κ3) is 2.95. The van der Waals surface area contributed by atoms with Crippen molar-refractivity contribution in [2.75, 3.05) is 6.54 Å². The summed E-state index contributed by atoms with van der Waals surface area (Å²) in [6.07, 6.45) is 10.8. The van der Waals surface area contributed by atoms with Crippen LogP contribution in [0.2, 0.25) is 0 Å². The van der Waals surface area contributed by atoms with Crippen molar-refractivity contribution >= 4 is 5.91 Å². The van der Waals surface area contributed by atoms with Crippen molar-refractivity contribution in [2.45, 2.75) is 32.1 Å². The Bertz CT molecular complexity index is 368. The van der Waals surface area contributed by atoms with Gasteiger partial charge in [0.1, 0.15) is 6.26 Å². The summed E-state index contributed by atoms with van der Waals surface area (Å²) in [5, 5.41) is 2.83. The first-order valence-electron chi connectivity index (χ1n) is 5.70. The summed E-state index contributed by atoms with van der Waals surface area (Å²) < 4.78 is 4.75. The van der Waals surface area contributed by atoms with Gasteiger partial charge in [-0.25, -0.2) is 4.98 Å². The molecule has 0 saturated heterocycles. The van der Waals surface area contributed by atoms with Crippen LogP contribution in [0.5, 0.6) is 0 Å². The van der Waals surface area contributed by atoms with Crippen molar-refractivity contribution in [2.24, 2.45) is 0 Å². The highest BCUT2D eigenvalue weighted by molar-refractivity contribution is 5.91. The molecule has 16 heavy (non-hydrogen) atoms. The lowest BCUT2D eigenvalue weighted by atomic mass is 9.97. The van der Waals surface area contributed by atoms with E-state index >= 15 is 0 Å². The summed E-state index contributed by atoms with van der Waals surface area (Å²) in [6, 6.07) is 0. The smallest absolute Gasteiger partial charge is 0.273 e. The minimum atomic E-state index is -0.162. The first kappa shape index (κ1) is 10.9. The van der Waals surface area contributed by atoms with Crippen LogP contribution in [-0.2, 0) is 0 Å². The highest BCUT2D eigenvalue weighted by atomic mass is 16.3. The van der Waals surface area contributed by atoms with Gasteiger partial charge >= 0.3 is 0 Å². The third-order valence-corrected chi connectivity index (χ3v) is 2.78. The van der Waals surface area contributed by atoms with Crippen molar-refractivity contribution < 1.29 is 9.21 Å². The fraction of sp³-hybridized carbons (Fsp3) is 0.500. The second kappa shape index (κ2) is 5.49. The van der Waals surface area contributed by atoms with Crippen molar-refractivity contribution in [1.29, 1.82) is 0 Å². The maximum atomic E-state index is 11.5. The van der Waals surface area contributed by atoms with E-state index in [-0.39, 0.29) is 5.91 Å². The highest BCUT2D eigenvalue weighted by Gasteiger charge is 2.08. The number of amides is 1. The lowest BCUT2D eigenvalue weighted by Gasteiger charge is -2.12. The number of allylic oxidation sites excluding steroid dienone is 1. The van der Waals surface area contributed by atoms with Gasteiger partial charge in [0.05, 0.1) is 0 Å². The summed E-state index contributed by atoms with van der Waals surface area (Å²) >= 11 is 0. The zero-order chi connectivity index (χ0) is 11.2. The van der Waals surface area contributed by atoms with Crippen molar-refractivity contribution in [3.05, 3.63) is 30.0 Å². The summed E-state index contributed by atoms with van der Waals surface area (Å²) in [6.45, 7) is 0.678. The number of hydrogen-bond acceptors (Lipinski definition) is 3. The average molecular weight is 220 g/mol. The van der Waals surface area contributed by atoms with Gasteiger partial charge in [0.25, 0.3) is 5.91 Å². The summed E-state index contributed by atoms with van der Waals surface area (Å²) in [5.41, 5.74) is 1.81. The number of carbonyl (C=O) groups excluding carboxylic acids is 1. The molecule has 0 atom stereocenters. The van der Waals surface area contributed by atoms with Gasteiger partial charge in [-0.3, -0.25) is 4.79 Å². The molecule has 1 aliphatic rings. The molecule has 0 unspecified atom stereocenters. The third-order valence-electron chi connectivity index (χ3n) is 2.78. The zero-order valence-electron chi connectivity index (χ0n) is 9.24. The molecule has 0 spiro atoms. The van der Waals surface area contributed by atoms with Gasteiger partial charge in [0.2, 0.25) is 0 Å². The molecule has 0 bridgehead atoms. The standard InChI is InChI=1S/C12H16N2O2/c15-12(11-8-16-9-14-11)13-7-6-10-4-2-1-3-5-10/h4,8-9H,1-3,5-7H2,(H,13,15). The molecular weight excluding hydrogens is 204 g/mol. The van der Waals surface area contributed by atoms with E-state index in [4.69, 9.17) is 4.42 Å². The number of nitrogens with one attached hydrogen (secondary N) is 1. The Morgan fingerprint density at radius 1 is 1.50 bits per heavy atom. The minimum Gasteiger partial charge on any atom is -0.451 e. The second-order valence-electron chi connectivity index (χ2n) is 3.99. The van der Waals surface area contributed by atoms with Crippen molar-refractivity contribution in [3.63, 3.8) is 0 Å². The Morgan fingerprint density at radius 2 is 2.44 bits per heavy atom. The van der Waals surface area contributed by atoms with Gasteiger partial charge < -0.3 is 9.73 Å². The number of carbonyl (C=O) groups is 1. The van der Waals surface area contributed by atoms with Crippen LogP contribution < -0.4 is 5.32 Å². The molecule has 86 valence electrons. The maximum absolute atomic E-state index is 11.5. The molecule has 0 radical (unpaired) electrons. The Kier molecular flexibility index (Phi) is 3.75. The molecule has 1 aromatic rings. The van der Waals surface area contributed by atoms with Crippen molar-refractivity contribution in [1.82, 2.24) is 10.3 Å². The van der Waals surface area contributed by atoms with E-state index in [1.807, 2.05) is 0 Å². The average Bonchev–Trinajstić information content (AvgIpc) is 2.84. The number of aromatic nitrogens is 1. The first-order valence-corrected chi connectivity index (χ1v) is 5.70. The Balaban J connectivity index is 1.72. The fourth-order valence-electron chi connectivity index (χ4n) is 1.88. The van der Waals surface area contributed by atoms with E-state index in [0.717, 1.165) is 6.42 Å². The van der Waals surface area contributed by atoms with Gasteiger partial charge in [-0.05, 0) is 32.1 Å². The van der Waals surface area contributed by atoms with E-state index in [1.54, 1.807) is 0 Å². The van der Waals surface area contributed by atoms with E-state index < -0.39 is 0 Å². The largest absolute Gasteiger partial charge is 0.451 e. The SMILES string of the molecule is O=C(NCCC1=CCCCC1)c1cocn1. The molecule has 1 aliphatic carbocycles. The Hall–Kier alpha value is -1.58. The van der Waals surface area contributed by atoms with E-state index in [0.29, 0.717) is 12.2 Å². The van der Waals surface area contributed by atoms with Gasteiger partial charge in [0, 0.05) is 6.54 Å². The minimum absolute atomic E-state index is 0.162. The second-order valence-corrected chi connectivity index (χ2v) is 3.99. The first-order chi connectivity index (χ1) is 7.86. The molecule has 0 aliphatic heterocycles. The predicted octanol–water partition coefficient (Wildman–Crippen LogP) is 2.29. The van der Waals surface area contributed by atoms with E-state index in [9.17, 15) is 4.79 Å². The van der Waals surface area contributed by atoms with Crippen LogP contribution in [0.4, 0.5) is 0 Å². The van der Waals surface area contributed by atoms with Gasteiger partial charge in [-0.2, -0.15) is 0 Å².